The van der Waals surface area contributed by atoms with Crippen LogP contribution in [0.1, 0.15) is 30.7 Å². The molecule has 0 aliphatic heterocycles. The van der Waals surface area contributed by atoms with E-state index in [0.29, 0.717) is 5.92 Å². The predicted octanol–water partition coefficient (Wildman–Crippen LogP) is 4.69. The molecular formula is C15H22OSi. The molecule has 0 heterocycles. The van der Waals surface area contributed by atoms with Gasteiger partial charge in [-0.1, -0.05) is 30.3 Å². The summed E-state index contributed by atoms with van der Waals surface area (Å²) in [5.41, 5.74) is 1.42. The van der Waals surface area contributed by atoms with E-state index < -0.39 is 8.32 Å². The summed E-state index contributed by atoms with van der Waals surface area (Å²) in [4.78, 5) is 0. The maximum absolute atomic E-state index is 6.13. The molecule has 0 spiro atoms. The molecule has 1 unspecified atom stereocenters. The third kappa shape index (κ3) is 3.74. The zero-order chi connectivity index (χ0) is 12.3. The first-order valence-electron chi connectivity index (χ1n) is 6.49. The van der Waals surface area contributed by atoms with Gasteiger partial charge in [0.15, 0.2) is 0 Å². The summed E-state index contributed by atoms with van der Waals surface area (Å²) in [5.74, 6) is 1.78. The van der Waals surface area contributed by atoms with Gasteiger partial charge in [-0.3, -0.25) is 0 Å². The maximum atomic E-state index is 6.13. The SMILES string of the molecule is C[Si](C)(C)OC1=CC(c2ccccc2)CCC1. The molecule has 92 valence electrons. The Balaban J connectivity index is 2.13. The van der Waals surface area contributed by atoms with Gasteiger partial charge in [0, 0.05) is 12.3 Å². The van der Waals surface area contributed by atoms with Gasteiger partial charge in [0.25, 0.3) is 0 Å². The van der Waals surface area contributed by atoms with E-state index in [1.807, 2.05) is 0 Å². The van der Waals surface area contributed by atoms with Crippen LogP contribution < -0.4 is 0 Å². The number of rotatable bonds is 3. The van der Waals surface area contributed by atoms with Crippen molar-refractivity contribution < 1.29 is 4.43 Å². The molecule has 1 nitrogen and oxygen atoms in total. The van der Waals surface area contributed by atoms with Gasteiger partial charge in [0.05, 0.1) is 5.76 Å². The average Bonchev–Trinajstić information content (AvgIpc) is 2.28. The highest BCUT2D eigenvalue weighted by molar-refractivity contribution is 6.70. The van der Waals surface area contributed by atoms with E-state index in [0.717, 1.165) is 6.42 Å². The lowest BCUT2D eigenvalue weighted by Crippen LogP contribution is -2.25. The normalized spacial score (nSPS) is 20.9. The van der Waals surface area contributed by atoms with Gasteiger partial charge in [-0.2, -0.15) is 0 Å². The Kier molecular flexibility index (Phi) is 3.72. The van der Waals surface area contributed by atoms with Crippen LogP contribution in [-0.4, -0.2) is 8.32 Å². The van der Waals surface area contributed by atoms with E-state index in [-0.39, 0.29) is 0 Å². The van der Waals surface area contributed by atoms with Gasteiger partial charge < -0.3 is 4.43 Å². The first kappa shape index (κ1) is 12.4. The smallest absolute Gasteiger partial charge is 0.241 e. The summed E-state index contributed by atoms with van der Waals surface area (Å²) in [6.07, 6.45) is 5.96. The molecule has 1 aromatic carbocycles. The standard InChI is InChI=1S/C15H22OSi/c1-17(2,3)16-15-11-7-10-14(12-15)13-8-5-4-6-9-13/h4-6,8-9,12,14H,7,10-11H2,1-3H3. The molecule has 2 heteroatoms. The highest BCUT2D eigenvalue weighted by Crippen LogP contribution is 2.32. The molecule has 0 amide bonds. The molecule has 2 rings (SSSR count). The Morgan fingerprint density at radius 3 is 2.47 bits per heavy atom. The fourth-order valence-electron chi connectivity index (χ4n) is 2.33. The number of allylic oxidation sites excluding steroid dienone is 2. The van der Waals surface area contributed by atoms with Gasteiger partial charge in [-0.05, 0) is 44.1 Å². The minimum absolute atomic E-state index is 0.552. The van der Waals surface area contributed by atoms with Crippen LogP contribution >= 0.6 is 0 Å². The summed E-state index contributed by atoms with van der Waals surface area (Å²) in [6.45, 7) is 6.75. The van der Waals surface area contributed by atoms with Crippen molar-refractivity contribution in [3.8, 4) is 0 Å². The van der Waals surface area contributed by atoms with E-state index >= 15 is 0 Å². The predicted molar refractivity (Wildman–Crippen MR) is 75.5 cm³/mol. The Labute approximate surface area is 106 Å². The maximum Gasteiger partial charge on any atom is 0.241 e. The fraction of sp³-hybridized carbons (Fsp3) is 0.467. The molecule has 0 saturated carbocycles. The Hall–Kier alpha value is -1.02. The van der Waals surface area contributed by atoms with Crippen molar-refractivity contribution in [2.45, 2.75) is 44.8 Å². The third-order valence-electron chi connectivity index (χ3n) is 2.99. The van der Waals surface area contributed by atoms with Gasteiger partial charge in [0.1, 0.15) is 0 Å². The first-order chi connectivity index (χ1) is 8.04. The fourth-order valence-corrected chi connectivity index (χ4v) is 3.29. The minimum Gasteiger partial charge on any atom is -0.548 e. The van der Waals surface area contributed by atoms with Crippen LogP contribution in [0.5, 0.6) is 0 Å². The molecule has 0 bridgehead atoms. The molecule has 0 N–H and O–H groups in total. The zero-order valence-electron chi connectivity index (χ0n) is 11.1. The Bertz CT molecular complexity index is 389. The van der Waals surface area contributed by atoms with Crippen LogP contribution in [0.15, 0.2) is 42.2 Å². The van der Waals surface area contributed by atoms with Crippen molar-refractivity contribution in [2.75, 3.05) is 0 Å². The molecule has 17 heavy (non-hydrogen) atoms. The van der Waals surface area contributed by atoms with Crippen molar-refractivity contribution in [2.24, 2.45) is 0 Å². The Morgan fingerprint density at radius 1 is 1.12 bits per heavy atom. The number of hydrogen-bond acceptors (Lipinski definition) is 1. The quantitative estimate of drug-likeness (QED) is 0.703. The van der Waals surface area contributed by atoms with Gasteiger partial charge >= 0.3 is 0 Å². The second kappa shape index (κ2) is 5.09. The van der Waals surface area contributed by atoms with Crippen molar-refractivity contribution >= 4 is 8.32 Å². The van der Waals surface area contributed by atoms with E-state index in [2.05, 4.69) is 56.0 Å². The molecule has 0 aromatic heterocycles. The van der Waals surface area contributed by atoms with Crippen LogP contribution in [0.3, 0.4) is 0 Å². The summed E-state index contributed by atoms with van der Waals surface area (Å²) >= 11 is 0. The lowest BCUT2D eigenvalue weighted by Gasteiger charge is -2.27. The van der Waals surface area contributed by atoms with Crippen molar-refractivity contribution in [1.82, 2.24) is 0 Å². The van der Waals surface area contributed by atoms with E-state index in [1.54, 1.807) is 0 Å². The molecular weight excluding hydrogens is 224 g/mol. The number of benzene rings is 1. The minimum atomic E-state index is -1.44. The second-order valence-electron chi connectivity index (χ2n) is 5.76. The molecule has 0 fully saturated rings. The van der Waals surface area contributed by atoms with Crippen LogP contribution in [0, 0.1) is 0 Å². The van der Waals surface area contributed by atoms with Crippen molar-refractivity contribution in [3.63, 3.8) is 0 Å². The lowest BCUT2D eigenvalue weighted by atomic mass is 9.89. The first-order valence-corrected chi connectivity index (χ1v) is 9.90. The highest BCUT2D eigenvalue weighted by Gasteiger charge is 2.21. The summed E-state index contributed by atoms with van der Waals surface area (Å²) < 4.78 is 6.13. The van der Waals surface area contributed by atoms with E-state index in [1.165, 1.54) is 24.2 Å². The number of hydrogen-bond donors (Lipinski definition) is 0. The van der Waals surface area contributed by atoms with Gasteiger partial charge in [0.2, 0.25) is 8.32 Å². The topological polar surface area (TPSA) is 9.23 Å². The largest absolute Gasteiger partial charge is 0.548 e. The van der Waals surface area contributed by atoms with Crippen LogP contribution in [-0.2, 0) is 4.43 Å². The highest BCUT2D eigenvalue weighted by atomic mass is 28.4. The monoisotopic (exact) mass is 246 g/mol. The summed E-state index contributed by atoms with van der Waals surface area (Å²) in [7, 11) is -1.44. The second-order valence-corrected chi connectivity index (χ2v) is 10.2. The lowest BCUT2D eigenvalue weighted by molar-refractivity contribution is 0.373. The van der Waals surface area contributed by atoms with E-state index in [4.69, 9.17) is 4.43 Å². The molecule has 1 aliphatic carbocycles. The molecule has 1 aliphatic rings. The van der Waals surface area contributed by atoms with Gasteiger partial charge in [-0.25, -0.2) is 0 Å². The summed E-state index contributed by atoms with van der Waals surface area (Å²) in [5, 5.41) is 0. The molecule has 1 atom stereocenters. The third-order valence-corrected chi connectivity index (χ3v) is 3.86. The van der Waals surface area contributed by atoms with Gasteiger partial charge in [-0.15, -0.1) is 0 Å². The van der Waals surface area contributed by atoms with Crippen LogP contribution in [0.2, 0.25) is 19.6 Å². The van der Waals surface area contributed by atoms with E-state index in [9.17, 15) is 0 Å². The Morgan fingerprint density at radius 2 is 1.82 bits per heavy atom. The zero-order valence-corrected chi connectivity index (χ0v) is 12.1. The average molecular weight is 246 g/mol. The molecule has 0 radical (unpaired) electrons. The summed E-state index contributed by atoms with van der Waals surface area (Å²) in [6, 6.07) is 10.8. The van der Waals surface area contributed by atoms with Crippen LogP contribution in [0.25, 0.3) is 0 Å². The van der Waals surface area contributed by atoms with Crippen molar-refractivity contribution in [1.29, 1.82) is 0 Å². The van der Waals surface area contributed by atoms with Crippen LogP contribution in [0.4, 0.5) is 0 Å². The molecule has 1 aromatic rings. The molecule has 0 saturated heterocycles. The van der Waals surface area contributed by atoms with Crippen molar-refractivity contribution in [3.05, 3.63) is 47.7 Å².